The third kappa shape index (κ3) is 1.55. The predicted molar refractivity (Wildman–Crippen MR) is 53.0 cm³/mol. The molecule has 0 amide bonds. The molecule has 1 saturated carbocycles. The highest BCUT2D eigenvalue weighted by molar-refractivity contribution is 5.49. The molecule has 0 radical (unpaired) electrons. The molecule has 1 fully saturated rings. The SMILES string of the molecule is NCC1(c2cc(F)c(F)cc2[N+](=O)[O-])CC1. The highest BCUT2D eigenvalue weighted by Gasteiger charge is 2.47. The van der Waals surface area contributed by atoms with Crippen LogP contribution in [-0.2, 0) is 5.41 Å². The molecular formula is C10H10F2N2O2. The Kier molecular flexibility index (Phi) is 2.38. The lowest BCUT2D eigenvalue weighted by Gasteiger charge is -2.13. The van der Waals surface area contributed by atoms with Crippen LogP contribution >= 0.6 is 0 Å². The molecule has 1 aliphatic rings. The zero-order valence-corrected chi connectivity index (χ0v) is 8.37. The zero-order chi connectivity index (χ0) is 11.9. The van der Waals surface area contributed by atoms with E-state index in [0.29, 0.717) is 18.9 Å². The van der Waals surface area contributed by atoms with Gasteiger partial charge in [0.2, 0.25) is 0 Å². The Morgan fingerprint density at radius 3 is 2.38 bits per heavy atom. The summed E-state index contributed by atoms with van der Waals surface area (Å²) in [6.07, 6.45) is 1.35. The van der Waals surface area contributed by atoms with Gasteiger partial charge in [-0.25, -0.2) is 8.78 Å². The molecule has 2 N–H and O–H groups in total. The summed E-state index contributed by atoms with van der Waals surface area (Å²) in [6.45, 7) is 0.207. The average Bonchev–Trinajstić information content (AvgIpc) is 3.02. The fraction of sp³-hybridized carbons (Fsp3) is 0.400. The second kappa shape index (κ2) is 3.48. The standard InChI is InChI=1S/C10H10F2N2O2/c11-7-3-6(10(5-13)1-2-10)9(14(15)16)4-8(7)12/h3-4H,1-2,5,13H2. The van der Waals surface area contributed by atoms with Crippen LogP contribution in [0.4, 0.5) is 14.5 Å². The molecule has 0 aromatic heterocycles. The lowest BCUT2D eigenvalue weighted by molar-refractivity contribution is -0.386. The first-order valence-corrected chi connectivity index (χ1v) is 4.84. The molecule has 16 heavy (non-hydrogen) atoms. The van der Waals surface area contributed by atoms with E-state index < -0.39 is 22.0 Å². The molecule has 6 heteroatoms. The topological polar surface area (TPSA) is 69.2 Å². The Balaban J connectivity index is 2.59. The Morgan fingerprint density at radius 1 is 1.38 bits per heavy atom. The molecule has 0 unspecified atom stereocenters. The first-order valence-electron chi connectivity index (χ1n) is 4.84. The molecule has 0 bridgehead atoms. The van der Waals surface area contributed by atoms with Crippen LogP contribution < -0.4 is 5.73 Å². The van der Waals surface area contributed by atoms with Gasteiger partial charge in [0.05, 0.1) is 11.0 Å². The first kappa shape index (κ1) is 10.9. The Bertz CT molecular complexity index is 458. The van der Waals surface area contributed by atoms with Crippen molar-refractivity contribution in [2.24, 2.45) is 5.73 Å². The van der Waals surface area contributed by atoms with E-state index in [0.717, 1.165) is 6.07 Å². The van der Waals surface area contributed by atoms with Crippen molar-refractivity contribution in [2.75, 3.05) is 6.54 Å². The van der Waals surface area contributed by atoms with Gasteiger partial charge in [-0.05, 0) is 18.9 Å². The van der Waals surface area contributed by atoms with Crippen LogP contribution in [0.25, 0.3) is 0 Å². The van der Waals surface area contributed by atoms with E-state index in [1.807, 2.05) is 0 Å². The van der Waals surface area contributed by atoms with E-state index in [1.165, 1.54) is 0 Å². The summed E-state index contributed by atoms with van der Waals surface area (Å²) < 4.78 is 26.0. The maximum Gasteiger partial charge on any atom is 0.276 e. The first-order chi connectivity index (χ1) is 7.50. The lowest BCUT2D eigenvalue weighted by Crippen LogP contribution is -2.21. The third-order valence-electron chi connectivity index (χ3n) is 3.05. The normalized spacial score (nSPS) is 17.2. The number of hydrogen-bond acceptors (Lipinski definition) is 3. The molecule has 0 atom stereocenters. The van der Waals surface area contributed by atoms with Gasteiger partial charge < -0.3 is 5.73 Å². The van der Waals surface area contributed by atoms with Gasteiger partial charge in [-0.2, -0.15) is 0 Å². The van der Waals surface area contributed by atoms with Crippen LogP contribution in [0.2, 0.25) is 0 Å². The molecule has 86 valence electrons. The number of halogens is 2. The van der Waals surface area contributed by atoms with E-state index in [4.69, 9.17) is 5.73 Å². The van der Waals surface area contributed by atoms with Gasteiger partial charge in [0.1, 0.15) is 0 Å². The Hall–Kier alpha value is -1.56. The summed E-state index contributed by atoms with van der Waals surface area (Å²) in [7, 11) is 0. The van der Waals surface area contributed by atoms with Gasteiger partial charge in [0.25, 0.3) is 5.69 Å². The van der Waals surface area contributed by atoms with Crippen LogP contribution in [0.15, 0.2) is 12.1 Å². The van der Waals surface area contributed by atoms with Crippen molar-refractivity contribution in [2.45, 2.75) is 18.3 Å². The summed E-state index contributed by atoms with van der Waals surface area (Å²) >= 11 is 0. The van der Waals surface area contributed by atoms with Gasteiger partial charge in [-0.3, -0.25) is 10.1 Å². The highest BCUT2D eigenvalue weighted by atomic mass is 19.2. The number of benzene rings is 1. The zero-order valence-electron chi connectivity index (χ0n) is 8.37. The van der Waals surface area contributed by atoms with Crippen molar-refractivity contribution < 1.29 is 13.7 Å². The van der Waals surface area contributed by atoms with E-state index >= 15 is 0 Å². The van der Waals surface area contributed by atoms with Gasteiger partial charge in [0, 0.05) is 17.5 Å². The van der Waals surface area contributed by atoms with E-state index in [2.05, 4.69) is 0 Å². The summed E-state index contributed by atoms with van der Waals surface area (Å²) in [6, 6.07) is 1.52. The molecule has 0 aliphatic heterocycles. The summed E-state index contributed by atoms with van der Waals surface area (Å²) in [5.41, 5.74) is 4.81. The number of nitro benzene ring substituents is 1. The van der Waals surface area contributed by atoms with Gasteiger partial charge >= 0.3 is 0 Å². The molecule has 0 saturated heterocycles. The average molecular weight is 228 g/mol. The Morgan fingerprint density at radius 2 is 1.94 bits per heavy atom. The van der Waals surface area contributed by atoms with E-state index in [-0.39, 0.29) is 17.8 Å². The number of nitro groups is 1. The predicted octanol–water partition coefficient (Wildman–Crippen LogP) is 1.86. The third-order valence-corrected chi connectivity index (χ3v) is 3.05. The number of hydrogen-bond donors (Lipinski definition) is 1. The van der Waals surface area contributed by atoms with Gasteiger partial charge in [-0.1, -0.05) is 0 Å². The summed E-state index contributed by atoms with van der Waals surface area (Å²) in [5.74, 6) is -2.27. The van der Waals surface area contributed by atoms with Crippen LogP contribution in [0, 0.1) is 21.7 Å². The monoisotopic (exact) mass is 228 g/mol. The second-order valence-corrected chi connectivity index (χ2v) is 4.03. The molecule has 1 aromatic rings. The van der Waals surface area contributed by atoms with E-state index in [1.54, 1.807) is 0 Å². The number of nitrogens with zero attached hydrogens (tertiary/aromatic N) is 1. The fourth-order valence-electron chi connectivity index (χ4n) is 1.85. The fourth-order valence-corrected chi connectivity index (χ4v) is 1.85. The largest absolute Gasteiger partial charge is 0.330 e. The molecule has 1 aliphatic carbocycles. The van der Waals surface area contributed by atoms with Crippen LogP contribution in [0.3, 0.4) is 0 Å². The maximum atomic E-state index is 13.1. The maximum absolute atomic E-state index is 13.1. The second-order valence-electron chi connectivity index (χ2n) is 4.03. The number of rotatable bonds is 3. The number of nitrogens with two attached hydrogens (primary N) is 1. The minimum Gasteiger partial charge on any atom is -0.330 e. The van der Waals surface area contributed by atoms with Crippen molar-refractivity contribution in [3.05, 3.63) is 39.4 Å². The molecular weight excluding hydrogens is 218 g/mol. The van der Waals surface area contributed by atoms with Crippen LogP contribution in [0.5, 0.6) is 0 Å². The summed E-state index contributed by atoms with van der Waals surface area (Å²) in [5, 5.41) is 10.8. The molecule has 4 nitrogen and oxygen atoms in total. The van der Waals surface area contributed by atoms with Crippen LogP contribution in [0.1, 0.15) is 18.4 Å². The van der Waals surface area contributed by atoms with Gasteiger partial charge in [-0.15, -0.1) is 0 Å². The van der Waals surface area contributed by atoms with Crippen molar-refractivity contribution >= 4 is 5.69 Å². The smallest absolute Gasteiger partial charge is 0.276 e. The highest BCUT2D eigenvalue weighted by Crippen LogP contribution is 2.50. The van der Waals surface area contributed by atoms with Crippen molar-refractivity contribution in [3.8, 4) is 0 Å². The van der Waals surface area contributed by atoms with Crippen molar-refractivity contribution in [1.82, 2.24) is 0 Å². The van der Waals surface area contributed by atoms with E-state index in [9.17, 15) is 18.9 Å². The van der Waals surface area contributed by atoms with Crippen molar-refractivity contribution in [3.63, 3.8) is 0 Å². The quantitative estimate of drug-likeness (QED) is 0.634. The molecule has 1 aromatic carbocycles. The molecule has 0 spiro atoms. The molecule has 0 heterocycles. The van der Waals surface area contributed by atoms with Gasteiger partial charge in [0.15, 0.2) is 11.6 Å². The van der Waals surface area contributed by atoms with Crippen molar-refractivity contribution in [1.29, 1.82) is 0 Å². The minimum absolute atomic E-state index is 0.207. The lowest BCUT2D eigenvalue weighted by atomic mass is 9.94. The molecule has 2 rings (SSSR count). The summed E-state index contributed by atoms with van der Waals surface area (Å²) in [4.78, 5) is 10.1. The Labute approximate surface area is 90.2 Å². The minimum atomic E-state index is -1.21. The van der Waals surface area contributed by atoms with Crippen LogP contribution in [-0.4, -0.2) is 11.5 Å².